The highest BCUT2D eigenvalue weighted by atomic mass is 79.9. The van der Waals surface area contributed by atoms with Crippen molar-refractivity contribution in [2.45, 2.75) is 26.2 Å². The summed E-state index contributed by atoms with van der Waals surface area (Å²) in [7, 11) is 0. The third-order valence-electron chi connectivity index (χ3n) is 2.95. The van der Waals surface area contributed by atoms with Crippen molar-refractivity contribution >= 4 is 33.6 Å². The number of nitrogens with one attached hydrogen (secondary N) is 2. The number of amides is 2. The smallest absolute Gasteiger partial charge is 0.319 e. The molecule has 3 N–H and O–H groups in total. The van der Waals surface area contributed by atoms with E-state index in [9.17, 15) is 14.0 Å². The molecule has 0 saturated carbocycles. The third-order valence-corrected chi connectivity index (χ3v) is 3.44. The number of urea groups is 1. The van der Waals surface area contributed by atoms with Crippen LogP contribution < -0.4 is 10.6 Å². The Bertz CT molecular complexity index is 511. The van der Waals surface area contributed by atoms with E-state index >= 15 is 0 Å². The zero-order valence-electron chi connectivity index (χ0n) is 11.7. The van der Waals surface area contributed by atoms with Crippen LogP contribution in [0, 0.1) is 11.7 Å². The average Bonchev–Trinajstić information content (AvgIpc) is 2.40. The largest absolute Gasteiger partial charge is 0.481 e. The fraction of sp³-hybridized carbons (Fsp3) is 0.429. The van der Waals surface area contributed by atoms with Gasteiger partial charge < -0.3 is 15.7 Å². The molecule has 0 saturated heterocycles. The van der Waals surface area contributed by atoms with E-state index in [1.165, 1.54) is 12.1 Å². The standard InChI is InChI=1S/C14H18BrFN2O3/c1-9(2-5-13(19)20)6-7-17-14(21)18-12-8-10(15)3-4-11(12)16/h3-4,8-9H,2,5-7H2,1H3,(H,19,20)(H2,17,18,21). The van der Waals surface area contributed by atoms with Crippen molar-refractivity contribution in [3.05, 3.63) is 28.5 Å². The predicted octanol–water partition coefficient (Wildman–Crippen LogP) is 3.60. The van der Waals surface area contributed by atoms with E-state index in [-0.39, 0.29) is 18.0 Å². The van der Waals surface area contributed by atoms with Crippen molar-refractivity contribution in [2.75, 3.05) is 11.9 Å². The second-order valence-corrected chi connectivity index (χ2v) is 5.75. The Hall–Kier alpha value is -1.63. The molecule has 5 nitrogen and oxygen atoms in total. The van der Waals surface area contributed by atoms with E-state index in [1.807, 2.05) is 6.92 Å². The molecule has 0 aliphatic heterocycles. The van der Waals surface area contributed by atoms with Crippen LogP contribution in [0.3, 0.4) is 0 Å². The van der Waals surface area contributed by atoms with Crippen LogP contribution >= 0.6 is 15.9 Å². The summed E-state index contributed by atoms with van der Waals surface area (Å²) in [5, 5.41) is 13.6. The number of carbonyl (C=O) groups is 2. The molecule has 0 bridgehead atoms. The van der Waals surface area contributed by atoms with Crippen LogP contribution in [-0.4, -0.2) is 23.7 Å². The van der Waals surface area contributed by atoms with E-state index in [0.717, 1.165) is 0 Å². The molecule has 1 aromatic carbocycles. The number of carboxylic acids is 1. The molecule has 116 valence electrons. The highest BCUT2D eigenvalue weighted by molar-refractivity contribution is 9.10. The number of hydrogen-bond acceptors (Lipinski definition) is 2. The normalized spacial score (nSPS) is 11.8. The number of aliphatic carboxylic acids is 1. The van der Waals surface area contributed by atoms with Gasteiger partial charge in [0.25, 0.3) is 0 Å². The molecule has 0 spiro atoms. The van der Waals surface area contributed by atoms with Gasteiger partial charge in [0, 0.05) is 17.4 Å². The lowest BCUT2D eigenvalue weighted by Gasteiger charge is -2.12. The average molecular weight is 361 g/mol. The van der Waals surface area contributed by atoms with Crippen molar-refractivity contribution in [3.63, 3.8) is 0 Å². The van der Waals surface area contributed by atoms with Crippen LogP contribution in [-0.2, 0) is 4.79 Å². The van der Waals surface area contributed by atoms with Crippen LogP contribution in [0.15, 0.2) is 22.7 Å². The van der Waals surface area contributed by atoms with E-state index in [2.05, 4.69) is 26.6 Å². The minimum Gasteiger partial charge on any atom is -0.481 e. The van der Waals surface area contributed by atoms with Gasteiger partial charge in [0.1, 0.15) is 5.82 Å². The molecule has 0 radical (unpaired) electrons. The second kappa shape index (κ2) is 8.61. The Morgan fingerprint density at radius 2 is 2.10 bits per heavy atom. The number of carboxylic acid groups (broad SMARTS) is 1. The number of halogens is 2. The van der Waals surface area contributed by atoms with Gasteiger partial charge >= 0.3 is 12.0 Å². The highest BCUT2D eigenvalue weighted by Crippen LogP contribution is 2.19. The zero-order chi connectivity index (χ0) is 15.8. The number of rotatable bonds is 7. The van der Waals surface area contributed by atoms with Crippen molar-refractivity contribution in [1.82, 2.24) is 5.32 Å². The summed E-state index contributed by atoms with van der Waals surface area (Å²) in [6, 6.07) is 3.79. The van der Waals surface area contributed by atoms with E-state index in [0.29, 0.717) is 23.9 Å². The first kappa shape index (κ1) is 17.4. The Morgan fingerprint density at radius 1 is 1.38 bits per heavy atom. The number of hydrogen-bond donors (Lipinski definition) is 3. The molecule has 21 heavy (non-hydrogen) atoms. The Labute approximate surface area is 131 Å². The Morgan fingerprint density at radius 3 is 2.76 bits per heavy atom. The first-order valence-electron chi connectivity index (χ1n) is 6.60. The first-order chi connectivity index (χ1) is 9.88. The molecular formula is C14H18BrFN2O3. The molecule has 0 fully saturated rings. The van der Waals surface area contributed by atoms with Gasteiger partial charge in [0.05, 0.1) is 5.69 Å². The van der Waals surface area contributed by atoms with Crippen LogP contribution in [0.1, 0.15) is 26.2 Å². The molecule has 1 aromatic rings. The third kappa shape index (κ3) is 7.08. The van der Waals surface area contributed by atoms with Gasteiger partial charge in [-0.15, -0.1) is 0 Å². The summed E-state index contributed by atoms with van der Waals surface area (Å²) in [5.41, 5.74) is 0.0980. The van der Waals surface area contributed by atoms with Crippen LogP contribution in [0.5, 0.6) is 0 Å². The topological polar surface area (TPSA) is 78.4 Å². The molecular weight excluding hydrogens is 343 g/mol. The monoisotopic (exact) mass is 360 g/mol. The quantitative estimate of drug-likeness (QED) is 0.694. The summed E-state index contributed by atoms with van der Waals surface area (Å²) in [5.74, 6) is -1.13. The van der Waals surface area contributed by atoms with Crippen molar-refractivity contribution in [1.29, 1.82) is 0 Å². The number of benzene rings is 1. The highest BCUT2D eigenvalue weighted by Gasteiger charge is 2.09. The molecule has 1 atom stereocenters. The summed E-state index contributed by atoms with van der Waals surface area (Å²) >= 11 is 3.20. The van der Waals surface area contributed by atoms with Crippen molar-refractivity contribution < 1.29 is 19.1 Å². The lowest BCUT2D eigenvalue weighted by molar-refractivity contribution is -0.137. The maximum atomic E-state index is 13.4. The molecule has 1 unspecified atom stereocenters. The molecule has 0 aliphatic carbocycles. The summed E-state index contributed by atoms with van der Waals surface area (Å²) in [6.07, 6.45) is 1.36. The van der Waals surface area contributed by atoms with E-state index in [4.69, 9.17) is 5.11 Å². The molecule has 0 heterocycles. The molecule has 0 aliphatic rings. The molecule has 2 amide bonds. The lowest BCUT2D eigenvalue weighted by atomic mass is 10.0. The maximum Gasteiger partial charge on any atom is 0.319 e. The molecule has 0 aromatic heterocycles. The van der Waals surface area contributed by atoms with Crippen molar-refractivity contribution in [3.8, 4) is 0 Å². The Balaban J connectivity index is 2.31. The fourth-order valence-electron chi connectivity index (χ4n) is 1.71. The minimum absolute atomic E-state index is 0.0980. The van der Waals surface area contributed by atoms with Gasteiger partial charge in [0.2, 0.25) is 0 Å². The van der Waals surface area contributed by atoms with Crippen LogP contribution in [0.4, 0.5) is 14.9 Å². The summed E-state index contributed by atoms with van der Waals surface area (Å²) < 4.78 is 14.1. The second-order valence-electron chi connectivity index (χ2n) is 4.83. The van der Waals surface area contributed by atoms with Gasteiger partial charge in [-0.2, -0.15) is 0 Å². The fourth-order valence-corrected chi connectivity index (χ4v) is 2.07. The number of anilines is 1. The van der Waals surface area contributed by atoms with Crippen molar-refractivity contribution in [2.24, 2.45) is 5.92 Å². The minimum atomic E-state index is -0.822. The lowest BCUT2D eigenvalue weighted by Crippen LogP contribution is -2.30. The van der Waals surface area contributed by atoms with E-state index < -0.39 is 17.8 Å². The van der Waals surface area contributed by atoms with Gasteiger partial charge in [-0.25, -0.2) is 9.18 Å². The maximum absolute atomic E-state index is 13.4. The van der Waals surface area contributed by atoms with Crippen LogP contribution in [0.25, 0.3) is 0 Å². The number of carbonyl (C=O) groups excluding carboxylic acids is 1. The van der Waals surface area contributed by atoms with Crippen LogP contribution in [0.2, 0.25) is 0 Å². The Kier molecular flexibility index (Phi) is 7.14. The molecule has 7 heteroatoms. The summed E-state index contributed by atoms with van der Waals surface area (Å²) in [4.78, 5) is 22.1. The van der Waals surface area contributed by atoms with Gasteiger partial charge in [-0.3, -0.25) is 4.79 Å². The van der Waals surface area contributed by atoms with Gasteiger partial charge in [-0.05, 0) is 37.0 Å². The first-order valence-corrected chi connectivity index (χ1v) is 7.39. The SMILES string of the molecule is CC(CCNC(=O)Nc1cc(Br)ccc1F)CCC(=O)O. The summed E-state index contributed by atoms with van der Waals surface area (Å²) in [6.45, 7) is 2.33. The van der Waals surface area contributed by atoms with Gasteiger partial charge in [0.15, 0.2) is 0 Å². The molecule has 1 rings (SSSR count). The van der Waals surface area contributed by atoms with Gasteiger partial charge in [-0.1, -0.05) is 22.9 Å². The predicted molar refractivity (Wildman–Crippen MR) is 81.8 cm³/mol. The zero-order valence-corrected chi connectivity index (χ0v) is 13.2. The van der Waals surface area contributed by atoms with E-state index in [1.54, 1.807) is 6.07 Å².